The van der Waals surface area contributed by atoms with E-state index in [0.717, 1.165) is 0 Å². The molecule has 18 heavy (non-hydrogen) atoms. The largest absolute Gasteiger partial charge is 0.500 e. The van der Waals surface area contributed by atoms with Crippen LogP contribution in [0.1, 0.15) is 6.42 Å². The van der Waals surface area contributed by atoms with Crippen molar-refractivity contribution in [2.24, 2.45) is 0 Å². The second-order valence-corrected chi connectivity index (χ2v) is 6.46. The van der Waals surface area contributed by atoms with E-state index in [1.807, 2.05) is 0 Å². The summed E-state index contributed by atoms with van der Waals surface area (Å²) >= 11 is 0. The Labute approximate surface area is 110 Å². The monoisotopic (exact) mass is 280 g/mol. The van der Waals surface area contributed by atoms with Crippen LogP contribution in [0.15, 0.2) is 12.7 Å². The van der Waals surface area contributed by atoms with Crippen molar-refractivity contribution in [3.63, 3.8) is 0 Å². The first-order chi connectivity index (χ1) is 8.57. The summed E-state index contributed by atoms with van der Waals surface area (Å²) in [4.78, 5) is 0. The first-order valence-corrected chi connectivity index (χ1v) is 7.51. The molecule has 6 nitrogen and oxygen atoms in total. The quantitative estimate of drug-likeness (QED) is 0.324. The van der Waals surface area contributed by atoms with Crippen LogP contribution in [0.3, 0.4) is 0 Å². The maximum absolute atomic E-state index is 5.62. The van der Waals surface area contributed by atoms with Crippen LogP contribution >= 0.6 is 0 Å². The minimum atomic E-state index is -2.73. The van der Waals surface area contributed by atoms with Crippen LogP contribution in [0.5, 0.6) is 0 Å². The molecule has 7 heteroatoms. The molecular formula is C11H24O6Si. The summed E-state index contributed by atoms with van der Waals surface area (Å²) in [5.41, 5.74) is 0. The van der Waals surface area contributed by atoms with Crippen LogP contribution in [0.25, 0.3) is 0 Å². The van der Waals surface area contributed by atoms with Gasteiger partial charge in [-0.15, -0.1) is 6.58 Å². The fraction of sp³-hybridized carbons (Fsp3) is 0.818. The number of ether oxygens (including phenoxy) is 3. The lowest BCUT2D eigenvalue weighted by atomic mass is 10.4. The molecule has 0 saturated heterocycles. The average Bonchev–Trinajstić information content (AvgIpc) is 2.44. The SMILES string of the molecule is C=CCO[Si](CCC(OC)(OC)OC)(OC)OC. The van der Waals surface area contributed by atoms with Crippen molar-refractivity contribution in [2.75, 3.05) is 42.2 Å². The van der Waals surface area contributed by atoms with Crippen molar-refractivity contribution in [1.82, 2.24) is 0 Å². The Morgan fingerprint density at radius 2 is 1.50 bits per heavy atom. The molecule has 0 heterocycles. The van der Waals surface area contributed by atoms with E-state index in [0.29, 0.717) is 19.1 Å². The van der Waals surface area contributed by atoms with Gasteiger partial charge in [0.05, 0.1) is 6.61 Å². The topological polar surface area (TPSA) is 55.4 Å². The summed E-state index contributed by atoms with van der Waals surface area (Å²) in [6.45, 7) is 3.97. The summed E-state index contributed by atoms with van der Waals surface area (Å²) in [6, 6.07) is 0.503. The standard InChI is InChI=1S/C11H24O6Si/c1-7-9-17-18(15-5,16-6)10-8-11(12-2,13-3)14-4/h7H,1,8-10H2,2-6H3. The van der Waals surface area contributed by atoms with Gasteiger partial charge in [-0.05, 0) is 0 Å². The molecule has 0 fully saturated rings. The van der Waals surface area contributed by atoms with E-state index in [1.165, 1.54) is 21.3 Å². The van der Waals surface area contributed by atoms with Gasteiger partial charge in [0.2, 0.25) is 0 Å². The molecule has 0 atom stereocenters. The third-order valence-corrected chi connectivity index (χ3v) is 5.43. The zero-order valence-corrected chi connectivity index (χ0v) is 12.9. The predicted molar refractivity (Wildman–Crippen MR) is 69.1 cm³/mol. The van der Waals surface area contributed by atoms with Crippen LogP contribution in [-0.4, -0.2) is 56.9 Å². The smallest absolute Gasteiger partial charge is 0.377 e. The minimum absolute atomic E-state index is 0.369. The molecule has 0 aromatic carbocycles. The Hall–Kier alpha value is -0.283. The van der Waals surface area contributed by atoms with Crippen LogP contribution in [-0.2, 0) is 27.5 Å². The normalized spacial score (nSPS) is 12.7. The molecule has 0 N–H and O–H groups in total. The van der Waals surface area contributed by atoms with Gasteiger partial charge in [0.15, 0.2) is 0 Å². The van der Waals surface area contributed by atoms with Crippen molar-refractivity contribution < 1.29 is 27.5 Å². The second-order valence-electron chi connectivity index (χ2n) is 3.49. The average molecular weight is 280 g/mol. The lowest BCUT2D eigenvalue weighted by Gasteiger charge is -2.32. The molecule has 0 aromatic heterocycles. The lowest BCUT2D eigenvalue weighted by molar-refractivity contribution is -0.353. The van der Waals surface area contributed by atoms with E-state index in [2.05, 4.69) is 6.58 Å². The molecule has 0 rings (SSSR count). The number of rotatable bonds is 11. The molecule has 0 radical (unpaired) electrons. The van der Waals surface area contributed by atoms with Crippen molar-refractivity contribution in [2.45, 2.75) is 18.4 Å². The highest BCUT2D eigenvalue weighted by atomic mass is 28.4. The Bertz CT molecular complexity index is 219. The highest BCUT2D eigenvalue weighted by Crippen LogP contribution is 2.25. The molecule has 0 aliphatic carbocycles. The summed E-state index contributed by atoms with van der Waals surface area (Å²) in [6.07, 6.45) is 2.08. The van der Waals surface area contributed by atoms with Gasteiger partial charge in [0.1, 0.15) is 0 Å². The molecule has 0 aliphatic rings. The third-order valence-electron chi connectivity index (χ3n) is 2.71. The maximum atomic E-state index is 5.62. The first kappa shape index (κ1) is 17.7. The van der Waals surface area contributed by atoms with Gasteiger partial charge in [-0.2, -0.15) is 0 Å². The molecule has 0 aliphatic heterocycles. The molecule has 0 spiro atoms. The molecule has 108 valence electrons. The Morgan fingerprint density at radius 3 is 1.83 bits per heavy atom. The van der Waals surface area contributed by atoms with E-state index in [-0.39, 0.29) is 0 Å². The van der Waals surface area contributed by atoms with E-state index < -0.39 is 14.8 Å². The van der Waals surface area contributed by atoms with Gasteiger partial charge in [-0.1, -0.05) is 6.08 Å². The zero-order chi connectivity index (χ0) is 14.1. The first-order valence-electron chi connectivity index (χ1n) is 5.58. The Balaban J connectivity index is 4.62. The molecule has 0 unspecified atom stereocenters. The van der Waals surface area contributed by atoms with E-state index in [1.54, 1.807) is 20.3 Å². The molecule has 0 bridgehead atoms. The van der Waals surface area contributed by atoms with Gasteiger partial charge in [0, 0.05) is 48.0 Å². The summed E-state index contributed by atoms with van der Waals surface area (Å²) < 4.78 is 32.1. The van der Waals surface area contributed by atoms with E-state index >= 15 is 0 Å². The number of hydrogen-bond donors (Lipinski definition) is 0. The zero-order valence-electron chi connectivity index (χ0n) is 11.9. The molecule has 0 aromatic rings. The van der Waals surface area contributed by atoms with Crippen molar-refractivity contribution >= 4 is 8.80 Å². The van der Waals surface area contributed by atoms with Crippen LogP contribution in [0.2, 0.25) is 6.04 Å². The van der Waals surface area contributed by atoms with Gasteiger partial charge >= 0.3 is 8.80 Å². The minimum Gasteiger partial charge on any atom is -0.377 e. The van der Waals surface area contributed by atoms with Gasteiger partial charge in [-0.3, -0.25) is 0 Å². The van der Waals surface area contributed by atoms with E-state index in [4.69, 9.17) is 27.5 Å². The second kappa shape index (κ2) is 8.76. The van der Waals surface area contributed by atoms with Crippen LogP contribution in [0.4, 0.5) is 0 Å². The maximum Gasteiger partial charge on any atom is 0.500 e. The molecule has 0 saturated carbocycles. The fourth-order valence-electron chi connectivity index (χ4n) is 1.53. The van der Waals surface area contributed by atoms with Gasteiger partial charge in [-0.25, -0.2) is 0 Å². The number of methoxy groups -OCH3 is 3. The molecule has 0 amide bonds. The highest BCUT2D eigenvalue weighted by Gasteiger charge is 2.43. The Morgan fingerprint density at radius 1 is 1.00 bits per heavy atom. The van der Waals surface area contributed by atoms with Gasteiger partial charge in [0.25, 0.3) is 5.97 Å². The summed E-state index contributed by atoms with van der Waals surface area (Å²) in [5.74, 6) is -1.10. The summed E-state index contributed by atoms with van der Waals surface area (Å²) in [7, 11) is 4.93. The van der Waals surface area contributed by atoms with Gasteiger partial charge < -0.3 is 27.5 Å². The fourth-order valence-corrected chi connectivity index (χ4v) is 3.46. The molecular weight excluding hydrogens is 256 g/mol. The predicted octanol–water partition coefficient (Wildman–Crippen LogP) is 1.40. The lowest BCUT2D eigenvalue weighted by Crippen LogP contribution is -2.47. The van der Waals surface area contributed by atoms with Crippen LogP contribution < -0.4 is 0 Å². The van der Waals surface area contributed by atoms with E-state index in [9.17, 15) is 0 Å². The summed E-state index contributed by atoms with van der Waals surface area (Å²) in [5, 5.41) is 0. The third kappa shape index (κ3) is 4.77. The highest BCUT2D eigenvalue weighted by molar-refractivity contribution is 6.60. The van der Waals surface area contributed by atoms with Crippen molar-refractivity contribution in [3.8, 4) is 0 Å². The van der Waals surface area contributed by atoms with Crippen molar-refractivity contribution in [3.05, 3.63) is 12.7 Å². The van der Waals surface area contributed by atoms with Crippen molar-refractivity contribution in [1.29, 1.82) is 0 Å². The Kier molecular flexibility index (Phi) is 8.62. The number of hydrogen-bond acceptors (Lipinski definition) is 6. The van der Waals surface area contributed by atoms with Crippen LogP contribution in [0, 0.1) is 0 Å².